The first kappa shape index (κ1) is 16.4. The molecule has 5 atom stereocenters. The number of nitrogens with one attached hydrogen (secondary N) is 1. The van der Waals surface area contributed by atoms with Crippen molar-refractivity contribution in [2.24, 2.45) is 0 Å². The Morgan fingerprint density at radius 1 is 1.20 bits per heavy atom. The van der Waals surface area contributed by atoms with Gasteiger partial charge in [-0.25, -0.2) is 4.67 Å². The summed E-state index contributed by atoms with van der Waals surface area (Å²) in [6, 6.07) is 0. The summed E-state index contributed by atoms with van der Waals surface area (Å²) in [4.78, 5) is 0. The molecule has 2 aliphatic heterocycles. The molecule has 5 unspecified atom stereocenters. The van der Waals surface area contributed by atoms with Crippen molar-refractivity contribution in [2.75, 3.05) is 32.8 Å². The van der Waals surface area contributed by atoms with E-state index in [-0.39, 0.29) is 24.4 Å². The molecule has 1 N–H and O–H groups in total. The predicted molar refractivity (Wildman–Crippen MR) is 78.4 cm³/mol. The minimum absolute atomic E-state index is 0.00636. The lowest BCUT2D eigenvalue weighted by Crippen LogP contribution is -2.46. The van der Waals surface area contributed by atoms with E-state index in [0.29, 0.717) is 19.7 Å². The molecule has 2 saturated heterocycles. The minimum atomic E-state index is -2.19. The zero-order valence-corrected chi connectivity index (χ0v) is 13.6. The maximum absolute atomic E-state index is 12.3. The number of hydrogen-bond donors (Lipinski definition) is 1. The van der Waals surface area contributed by atoms with Gasteiger partial charge in [-0.1, -0.05) is 6.92 Å². The zero-order chi connectivity index (χ0) is 14.5. The van der Waals surface area contributed by atoms with Crippen LogP contribution < -0.4 is 5.32 Å². The number of nitrogens with zero attached hydrogens (tertiary/aromatic N) is 1. The Hall–Kier alpha value is 0.0300. The van der Waals surface area contributed by atoms with Gasteiger partial charge in [0.05, 0.1) is 31.0 Å². The van der Waals surface area contributed by atoms with Crippen LogP contribution in [0.4, 0.5) is 0 Å². The monoisotopic (exact) mass is 306 g/mol. The Balaban J connectivity index is 1.76. The lowest BCUT2D eigenvalue weighted by Gasteiger charge is -2.36. The third kappa shape index (κ3) is 4.79. The molecule has 0 bridgehead atoms. The summed E-state index contributed by atoms with van der Waals surface area (Å²) in [6.07, 6.45) is 1.38. The first-order chi connectivity index (χ1) is 9.58. The molecule has 6 nitrogen and oxygen atoms in total. The first-order valence-electron chi connectivity index (χ1n) is 7.51. The third-order valence-corrected chi connectivity index (χ3v) is 4.96. The molecular formula is C13H27N2O4P. The fourth-order valence-electron chi connectivity index (χ4n) is 2.65. The van der Waals surface area contributed by atoms with E-state index in [1.165, 1.54) is 0 Å². The SMILES string of the molecule is CCC1CN([PH](=O)OCC2CNCC(C)O2)CC(C)O1. The van der Waals surface area contributed by atoms with Crippen molar-refractivity contribution in [3.63, 3.8) is 0 Å². The minimum Gasteiger partial charge on any atom is -0.373 e. The molecule has 0 aromatic rings. The average Bonchev–Trinajstić information content (AvgIpc) is 2.44. The highest BCUT2D eigenvalue weighted by molar-refractivity contribution is 7.36. The highest BCUT2D eigenvalue weighted by atomic mass is 31.1. The van der Waals surface area contributed by atoms with Crippen LogP contribution in [0.1, 0.15) is 27.2 Å². The summed E-state index contributed by atoms with van der Waals surface area (Å²) in [6.45, 7) is 9.51. The van der Waals surface area contributed by atoms with E-state index in [1.807, 2.05) is 18.5 Å². The van der Waals surface area contributed by atoms with Crippen LogP contribution in [0.5, 0.6) is 0 Å². The molecule has 118 valence electrons. The van der Waals surface area contributed by atoms with Gasteiger partial charge in [0.1, 0.15) is 0 Å². The summed E-state index contributed by atoms with van der Waals surface area (Å²) < 4.78 is 31.3. The molecule has 2 rings (SSSR count). The Kier molecular flexibility index (Phi) is 6.46. The van der Waals surface area contributed by atoms with Gasteiger partial charge in [0.2, 0.25) is 0 Å². The van der Waals surface area contributed by atoms with Gasteiger partial charge < -0.3 is 19.3 Å². The molecule has 0 aliphatic carbocycles. The second-order valence-corrected chi connectivity index (χ2v) is 7.14. The summed E-state index contributed by atoms with van der Waals surface area (Å²) in [5.41, 5.74) is 0. The average molecular weight is 306 g/mol. The second kappa shape index (κ2) is 7.87. The smallest absolute Gasteiger partial charge is 0.261 e. The zero-order valence-electron chi connectivity index (χ0n) is 12.6. The van der Waals surface area contributed by atoms with Crippen molar-refractivity contribution in [3.8, 4) is 0 Å². The summed E-state index contributed by atoms with van der Waals surface area (Å²) >= 11 is 0. The summed E-state index contributed by atoms with van der Waals surface area (Å²) in [7, 11) is -2.19. The molecule has 0 spiro atoms. The van der Waals surface area contributed by atoms with E-state index in [9.17, 15) is 4.57 Å². The van der Waals surface area contributed by atoms with Crippen LogP contribution in [-0.2, 0) is 18.6 Å². The molecule has 2 fully saturated rings. The fraction of sp³-hybridized carbons (Fsp3) is 1.00. The van der Waals surface area contributed by atoms with E-state index in [2.05, 4.69) is 12.2 Å². The molecule has 2 aliphatic rings. The van der Waals surface area contributed by atoms with E-state index in [0.717, 1.165) is 19.5 Å². The Bertz CT molecular complexity index is 331. The van der Waals surface area contributed by atoms with Gasteiger partial charge in [0.15, 0.2) is 0 Å². The first-order valence-corrected chi connectivity index (χ1v) is 8.78. The largest absolute Gasteiger partial charge is 0.373 e. The quantitative estimate of drug-likeness (QED) is 0.772. The van der Waals surface area contributed by atoms with Crippen molar-refractivity contribution in [3.05, 3.63) is 0 Å². The molecule has 0 aromatic carbocycles. The predicted octanol–water partition coefficient (Wildman–Crippen LogP) is 1.27. The molecule has 0 radical (unpaired) electrons. The van der Waals surface area contributed by atoms with Crippen molar-refractivity contribution < 1.29 is 18.6 Å². The van der Waals surface area contributed by atoms with Crippen molar-refractivity contribution in [2.45, 2.75) is 51.6 Å². The van der Waals surface area contributed by atoms with Gasteiger partial charge in [-0.05, 0) is 20.3 Å². The Morgan fingerprint density at radius 2 is 1.95 bits per heavy atom. The summed E-state index contributed by atoms with van der Waals surface area (Å²) in [5.74, 6) is 0. The van der Waals surface area contributed by atoms with Crippen LogP contribution in [0.3, 0.4) is 0 Å². The molecule has 0 saturated carbocycles. The fourth-order valence-corrected chi connectivity index (χ4v) is 3.92. The lowest BCUT2D eigenvalue weighted by atomic mass is 10.2. The molecule has 7 heteroatoms. The van der Waals surface area contributed by atoms with Crippen LogP contribution in [0.15, 0.2) is 0 Å². The second-order valence-electron chi connectivity index (χ2n) is 5.69. The van der Waals surface area contributed by atoms with Crippen LogP contribution in [-0.4, -0.2) is 61.9 Å². The number of ether oxygens (including phenoxy) is 2. The van der Waals surface area contributed by atoms with Gasteiger partial charge in [-0.3, -0.25) is 4.57 Å². The Labute approximate surface area is 122 Å². The van der Waals surface area contributed by atoms with E-state index in [1.54, 1.807) is 0 Å². The van der Waals surface area contributed by atoms with Gasteiger partial charge in [0.25, 0.3) is 8.18 Å². The molecular weight excluding hydrogens is 279 g/mol. The maximum Gasteiger partial charge on any atom is 0.261 e. The topological polar surface area (TPSA) is 60.0 Å². The van der Waals surface area contributed by atoms with E-state index in [4.69, 9.17) is 14.0 Å². The summed E-state index contributed by atoms with van der Waals surface area (Å²) in [5, 5.41) is 3.28. The van der Waals surface area contributed by atoms with Gasteiger partial charge in [-0.2, -0.15) is 0 Å². The standard InChI is InChI=1S/C13H27N2O4P/c1-4-12-8-15(7-11(3)19-12)20(16)17-9-13-6-14-5-10(2)18-13/h10-14,20H,4-9H2,1-3H3. The van der Waals surface area contributed by atoms with E-state index < -0.39 is 8.18 Å². The van der Waals surface area contributed by atoms with Crippen LogP contribution in [0.25, 0.3) is 0 Å². The highest BCUT2D eigenvalue weighted by Crippen LogP contribution is 2.32. The number of rotatable bonds is 5. The normalized spacial score (nSPS) is 37.8. The lowest BCUT2D eigenvalue weighted by molar-refractivity contribution is -0.0627. The van der Waals surface area contributed by atoms with E-state index >= 15 is 0 Å². The third-order valence-electron chi connectivity index (χ3n) is 3.66. The maximum atomic E-state index is 12.3. The van der Waals surface area contributed by atoms with Gasteiger partial charge in [-0.15, -0.1) is 0 Å². The van der Waals surface area contributed by atoms with Crippen molar-refractivity contribution in [1.29, 1.82) is 0 Å². The van der Waals surface area contributed by atoms with Gasteiger partial charge >= 0.3 is 0 Å². The number of morpholine rings is 2. The molecule has 0 aromatic heterocycles. The number of hydrogen-bond acceptors (Lipinski definition) is 5. The molecule has 0 amide bonds. The van der Waals surface area contributed by atoms with Crippen LogP contribution in [0, 0.1) is 0 Å². The van der Waals surface area contributed by atoms with Crippen molar-refractivity contribution in [1.82, 2.24) is 9.99 Å². The van der Waals surface area contributed by atoms with Gasteiger partial charge in [0, 0.05) is 26.2 Å². The highest BCUT2D eigenvalue weighted by Gasteiger charge is 2.28. The molecule has 2 heterocycles. The Morgan fingerprint density at radius 3 is 2.65 bits per heavy atom. The van der Waals surface area contributed by atoms with Crippen LogP contribution in [0.2, 0.25) is 0 Å². The molecule has 20 heavy (non-hydrogen) atoms. The van der Waals surface area contributed by atoms with Crippen molar-refractivity contribution >= 4 is 8.18 Å². The van der Waals surface area contributed by atoms with Crippen LogP contribution >= 0.6 is 8.18 Å².